The molecule has 0 aliphatic carbocycles. The number of aliphatic hydroxyl groups excluding tert-OH is 2. The van der Waals surface area contributed by atoms with Crippen LogP contribution in [0.4, 0.5) is 0 Å². The Bertz CT molecular complexity index is 644. The van der Waals surface area contributed by atoms with E-state index >= 15 is 0 Å². The molecule has 0 fully saturated rings. The Morgan fingerprint density at radius 2 is 1.71 bits per heavy atom. The molecule has 0 saturated carbocycles. The first-order chi connectivity index (χ1) is 9.76. The molecular weight excluding hydrogens is 300 g/mol. The third-order valence-corrected chi connectivity index (χ3v) is 4.31. The number of hydrogen-bond donors (Lipinski definition) is 3. The maximum atomic E-state index is 11.8. The monoisotopic (exact) mass is 314 g/mol. The van der Waals surface area contributed by atoms with E-state index in [1.165, 1.54) is 24.3 Å². The van der Waals surface area contributed by atoms with Crippen LogP contribution in [0.2, 0.25) is 0 Å². The molecule has 0 spiro atoms. The van der Waals surface area contributed by atoms with Crippen molar-refractivity contribution in [2.45, 2.75) is 11.0 Å². The minimum Gasteiger partial charge on any atom is -0.478 e. The van der Waals surface area contributed by atoms with Gasteiger partial charge in [-0.05, 0) is 30.3 Å². The van der Waals surface area contributed by atoms with Gasteiger partial charge in [-0.25, -0.2) is 13.2 Å². The van der Waals surface area contributed by atoms with E-state index in [0.717, 1.165) is 6.08 Å². The van der Waals surface area contributed by atoms with Crippen LogP contribution in [0.15, 0.2) is 41.3 Å². The number of sulfone groups is 1. The van der Waals surface area contributed by atoms with E-state index < -0.39 is 40.1 Å². The van der Waals surface area contributed by atoms with Crippen molar-refractivity contribution in [3.05, 3.63) is 42.0 Å². The Hall–Kier alpha value is -2.03. The smallest absolute Gasteiger partial charge is 0.328 e. The molecular formula is C13H14O7S. The molecule has 21 heavy (non-hydrogen) atoms. The number of carbonyl (C=O) groups excluding carboxylic acids is 1. The quantitative estimate of drug-likeness (QED) is 0.463. The predicted octanol–water partition coefficient (Wildman–Crippen LogP) is -0.363. The number of carbonyl (C=O) groups is 2. The fraction of sp³-hybridized carbons (Fsp3) is 0.231. The summed E-state index contributed by atoms with van der Waals surface area (Å²) in [6.07, 6.45) is 0.168. The summed E-state index contributed by atoms with van der Waals surface area (Å²) in [5.41, 5.74) is 0.133. The Labute approximate surface area is 121 Å². The number of ketones is 1. The second-order valence-corrected chi connectivity index (χ2v) is 6.21. The highest BCUT2D eigenvalue weighted by molar-refractivity contribution is 7.91. The van der Waals surface area contributed by atoms with Crippen molar-refractivity contribution in [1.29, 1.82) is 0 Å². The zero-order valence-electron chi connectivity index (χ0n) is 10.8. The van der Waals surface area contributed by atoms with Gasteiger partial charge in [0.15, 0.2) is 15.6 Å². The molecule has 3 N–H and O–H groups in total. The van der Waals surface area contributed by atoms with Gasteiger partial charge < -0.3 is 15.3 Å². The molecule has 1 atom stereocenters. The highest BCUT2D eigenvalue weighted by Crippen LogP contribution is 2.14. The summed E-state index contributed by atoms with van der Waals surface area (Å²) in [5.74, 6) is -2.47. The molecule has 0 bridgehead atoms. The standard InChI is InChI=1S/C13H14O7S/c14-7-10(15)8-21(19,20)11-3-1-9(2-4-11)12(16)5-6-13(17)18/h1-6,10,14-15H,7-8H2,(H,17,18)/b6-5+. The lowest BCUT2D eigenvalue weighted by atomic mass is 10.1. The van der Waals surface area contributed by atoms with E-state index in [0.29, 0.717) is 6.08 Å². The van der Waals surface area contributed by atoms with Gasteiger partial charge in [-0.3, -0.25) is 4.79 Å². The van der Waals surface area contributed by atoms with Gasteiger partial charge in [-0.2, -0.15) is 0 Å². The van der Waals surface area contributed by atoms with Crippen LogP contribution in [-0.4, -0.2) is 54.0 Å². The molecule has 0 radical (unpaired) electrons. The minimum atomic E-state index is -3.77. The summed E-state index contributed by atoms with van der Waals surface area (Å²) in [5, 5.41) is 26.2. The summed E-state index contributed by atoms with van der Waals surface area (Å²) in [4.78, 5) is 21.7. The SMILES string of the molecule is O=C(O)/C=C/C(=O)c1ccc(S(=O)(=O)CC(O)CO)cc1. The minimum absolute atomic E-state index is 0.103. The van der Waals surface area contributed by atoms with Gasteiger partial charge in [0, 0.05) is 11.6 Å². The van der Waals surface area contributed by atoms with Crippen molar-refractivity contribution in [2.24, 2.45) is 0 Å². The van der Waals surface area contributed by atoms with Crippen molar-refractivity contribution >= 4 is 21.6 Å². The zero-order chi connectivity index (χ0) is 16.0. The number of allylic oxidation sites excluding steroid dienone is 1. The molecule has 1 aromatic carbocycles. The summed E-state index contributed by atoms with van der Waals surface area (Å²) < 4.78 is 23.7. The number of hydrogen-bond acceptors (Lipinski definition) is 6. The fourth-order valence-corrected chi connectivity index (χ4v) is 2.83. The van der Waals surface area contributed by atoms with Crippen molar-refractivity contribution in [1.82, 2.24) is 0 Å². The molecule has 7 nitrogen and oxygen atoms in total. The van der Waals surface area contributed by atoms with Crippen LogP contribution in [0.3, 0.4) is 0 Å². The molecule has 8 heteroatoms. The fourth-order valence-electron chi connectivity index (χ4n) is 1.47. The largest absolute Gasteiger partial charge is 0.478 e. The average molecular weight is 314 g/mol. The van der Waals surface area contributed by atoms with Crippen LogP contribution in [0, 0.1) is 0 Å². The van der Waals surface area contributed by atoms with Gasteiger partial charge in [0.1, 0.15) is 0 Å². The molecule has 1 aromatic rings. The van der Waals surface area contributed by atoms with E-state index in [1.807, 2.05) is 0 Å². The van der Waals surface area contributed by atoms with Gasteiger partial charge >= 0.3 is 5.97 Å². The molecule has 0 amide bonds. The Balaban J connectivity index is 2.92. The average Bonchev–Trinajstić information content (AvgIpc) is 2.44. The highest BCUT2D eigenvalue weighted by Gasteiger charge is 2.19. The zero-order valence-corrected chi connectivity index (χ0v) is 11.7. The number of aliphatic hydroxyl groups is 2. The van der Waals surface area contributed by atoms with Crippen molar-refractivity contribution in [3.8, 4) is 0 Å². The van der Waals surface area contributed by atoms with Gasteiger partial charge in [0.25, 0.3) is 0 Å². The molecule has 0 aliphatic heterocycles. The van der Waals surface area contributed by atoms with Gasteiger partial charge in [-0.1, -0.05) is 0 Å². The number of rotatable bonds is 7. The van der Waals surface area contributed by atoms with Crippen LogP contribution in [0.5, 0.6) is 0 Å². The molecule has 1 rings (SSSR count). The second kappa shape index (κ2) is 7.11. The molecule has 1 unspecified atom stereocenters. The van der Waals surface area contributed by atoms with Crippen LogP contribution in [-0.2, 0) is 14.6 Å². The lowest BCUT2D eigenvalue weighted by Gasteiger charge is -2.08. The number of carboxylic acid groups (broad SMARTS) is 1. The van der Waals surface area contributed by atoms with Crippen LogP contribution < -0.4 is 0 Å². The van der Waals surface area contributed by atoms with Gasteiger partial charge in [-0.15, -0.1) is 0 Å². The summed E-state index contributed by atoms with van der Waals surface area (Å²) in [6, 6.07) is 4.85. The Kier molecular flexibility index (Phi) is 5.77. The molecule has 0 aromatic heterocycles. The molecule has 0 saturated heterocycles. The van der Waals surface area contributed by atoms with E-state index in [2.05, 4.69) is 0 Å². The van der Waals surface area contributed by atoms with Gasteiger partial charge in [0.05, 0.1) is 23.4 Å². The predicted molar refractivity (Wildman–Crippen MR) is 72.7 cm³/mol. The van der Waals surface area contributed by atoms with E-state index in [4.69, 9.17) is 10.2 Å². The maximum Gasteiger partial charge on any atom is 0.328 e. The molecule has 0 heterocycles. The first kappa shape index (κ1) is 17.0. The van der Waals surface area contributed by atoms with Crippen LogP contribution in [0.1, 0.15) is 10.4 Å². The van der Waals surface area contributed by atoms with Crippen LogP contribution in [0.25, 0.3) is 0 Å². The van der Waals surface area contributed by atoms with Crippen molar-refractivity contribution in [3.63, 3.8) is 0 Å². The number of benzene rings is 1. The Morgan fingerprint density at radius 3 is 2.19 bits per heavy atom. The lowest BCUT2D eigenvalue weighted by molar-refractivity contribution is -0.131. The molecule has 114 valence electrons. The molecule has 0 aliphatic rings. The summed E-state index contributed by atoms with van der Waals surface area (Å²) in [7, 11) is -3.77. The van der Waals surface area contributed by atoms with Gasteiger partial charge in [0.2, 0.25) is 0 Å². The summed E-state index contributed by atoms with van der Waals surface area (Å²) in [6.45, 7) is -0.671. The van der Waals surface area contributed by atoms with E-state index in [1.54, 1.807) is 0 Å². The normalized spacial score (nSPS) is 13.2. The first-order valence-electron chi connectivity index (χ1n) is 5.83. The Morgan fingerprint density at radius 1 is 1.14 bits per heavy atom. The van der Waals surface area contributed by atoms with E-state index in [-0.39, 0.29) is 10.5 Å². The highest BCUT2D eigenvalue weighted by atomic mass is 32.2. The van der Waals surface area contributed by atoms with E-state index in [9.17, 15) is 23.1 Å². The van der Waals surface area contributed by atoms with Crippen molar-refractivity contribution in [2.75, 3.05) is 12.4 Å². The number of aliphatic carboxylic acids is 1. The lowest BCUT2D eigenvalue weighted by Crippen LogP contribution is -2.24. The third-order valence-electron chi connectivity index (χ3n) is 2.50. The first-order valence-corrected chi connectivity index (χ1v) is 7.48. The third kappa shape index (κ3) is 5.10. The number of carboxylic acids is 1. The second-order valence-electron chi connectivity index (χ2n) is 4.18. The van der Waals surface area contributed by atoms with Crippen molar-refractivity contribution < 1.29 is 33.3 Å². The van der Waals surface area contributed by atoms with Crippen LogP contribution >= 0.6 is 0 Å². The maximum absolute atomic E-state index is 11.8. The summed E-state index contributed by atoms with van der Waals surface area (Å²) >= 11 is 0. The topological polar surface area (TPSA) is 129 Å².